The van der Waals surface area contributed by atoms with Crippen LogP contribution in [-0.2, 0) is 38.6 Å². The molecule has 0 amide bonds. The summed E-state index contributed by atoms with van der Waals surface area (Å²) in [5.74, 6) is 1.09. The van der Waals surface area contributed by atoms with Crippen LogP contribution >= 0.6 is 0 Å². The van der Waals surface area contributed by atoms with E-state index in [0.717, 1.165) is 11.6 Å². The first-order valence-electron chi connectivity index (χ1n) is 15.9. The number of fused-ring (bicyclic) bond motifs is 1. The molecule has 6 rings (SSSR count). The molecule has 0 spiro atoms. The highest BCUT2D eigenvalue weighted by molar-refractivity contribution is 7.96. The van der Waals surface area contributed by atoms with E-state index in [0.29, 0.717) is 33.7 Å². The molecule has 0 fully saturated rings. The number of nitrogen functional groups attached to an aromatic ring is 1. The summed E-state index contributed by atoms with van der Waals surface area (Å²) in [6, 6.07) is 17.7. The maximum Gasteiger partial charge on any atom is 0.235 e. The topological polar surface area (TPSA) is 269 Å². The van der Waals surface area contributed by atoms with Crippen molar-refractivity contribution in [3.8, 4) is 11.5 Å². The van der Waals surface area contributed by atoms with E-state index in [1.807, 2.05) is 0 Å². The monoisotopic (exact) mass is 750 g/mol. The lowest BCUT2D eigenvalue weighted by molar-refractivity contribution is 0.243. The number of hydrogen-bond acceptors (Lipinski definition) is 13. The molecule has 17 nitrogen and oxygen atoms in total. The van der Waals surface area contributed by atoms with Gasteiger partial charge in [-0.3, -0.25) is 0 Å². The zero-order chi connectivity index (χ0) is 37.3. The number of aliphatic hydroxyl groups is 1. The second-order valence-electron chi connectivity index (χ2n) is 12.2. The molecule has 19 heteroatoms. The molecule has 274 valence electrons. The van der Waals surface area contributed by atoms with Gasteiger partial charge in [-0.15, -0.1) is 10.2 Å². The number of methoxy groups -OCH3 is 2. The molecule has 5 aromatic rings. The van der Waals surface area contributed by atoms with E-state index in [-0.39, 0.29) is 36.9 Å². The number of sulfonamides is 2. The van der Waals surface area contributed by atoms with Crippen molar-refractivity contribution in [1.29, 1.82) is 0 Å². The number of H-pyrrole nitrogens is 1. The quantitative estimate of drug-likeness (QED) is 0.0922. The highest BCUT2D eigenvalue weighted by Crippen LogP contribution is 2.52. The third kappa shape index (κ3) is 7.14. The van der Waals surface area contributed by atoms with E-state index < -0.39 is 48.3 Å². The Kier molecular flexibility index (Phi) is 10.2. The number of aromatic amines is 1. The number of aromatic nitrogens is 6. The summed E-state index contributed by atoms with van der Waals surface area (Å²) in [4.78, 5) is 8.02. The van der Waals surface area contributed by atoms with Crippen molar-refractivity contribution in [1.82, 2.24) is 34.9 Å². The Morgan fingerprint density at radius 3 is 2.25 bits per heavy atom. The Bertz CT molecular complexity index is 2360. The Balaban J connectivity index is 1.59. The van der Waals surface area contributed by atoms with Crippen LogP contribution in [0.1, 0.15) is 28.9 Å². The standard InChI is InChI=1S/C33H38N10O7S2/c1-49-23-10-6-20(7-11-23)17-37-52(47,48)30-28(51(36,45)46)15-14-26(25-4-3-5-27-29(25)39-32(35)38-27)33(30,16-22(34)19-44)31-40-42-43(41-31)18-21-8-12-24(50-2)13-9-21/h3-15,22,30,37,44H,16-19,34H2,1-2H3,(H3,35,38,39)(H2,36,45,46). The second kappa shape index (κ2) is 14.4. The Labute approximate surface area is 299 Å². The number of ether oxygens (including phenoxy) is 2. The number of aliphatic hydroxyl groups excluding tert-OH is 1. The van der Waals surface area contributed by atoms with Gasteiger partial charge in [-0.25, -0.2) is 31.7 Å². The van der Waals surface area contributed by atoms with Crippen molar-refractivity contribution in [2.45, 2.75) is 36.2 Å². The van der Waals surface area contributed by atoms with Crippen molar-refractivity contribution in [3.05, 3.63) is 106 Å². The summed E-state index contributed by atoms with van der Waals surface area (Å²) < 4.78 is 69.5. The first-order chi connectivity index (χ1) is 24.8. The Morgan fingerprint density at radius 1 is 0.981 bits per heavy atom. The molecule has 52 heavy (non-hydrogen) atoms. The number of tetrazole rings is 1. The van der Waals surface area contributed by atoms with Crippen LogP contribution in [0.15, 0.2) is 83.8 Å². The summed E-state index contributed by atoms with van der Waals surface area (Å²) in [6.07, 6.45) is 2.20. The molecule has 2 heterocycles. The predicted molar refractivity (Wildman–Crippen MR) is 193 cm³/mol. The van der Waals surface area contributed by atoms with Gasteiger partial charge in [0.2, 0.25) is 20.0 Å². The minimum Gasteiger partial charge on any atom is -0.497 e. The van der Waals surface area contributed by atoms with E-state index in [9.17, 15) is 21.9 Å². The summed E-state index contributed by atoms with van der Waals surface area (Å²) in [5, 5.41) is 27.4. The third-order valence-electron chi connectivity index (χ3n) is 8.85. The van der Waals surface area contributed by atoms with Crippen LogP contribution in [0.25, 0.3) is 16.6 Å². The van der Waals surface area contributed by atoms with Crippen LogP contribution in [0, 0.1) is 0 Å². The lowest BCUT2D eigenvalue weighted by Crippen LogP contribution is -2.56. The van der Waals surface area contributed by atoms with Crippen molar-refractivity contribution in [2.24, 2.45) is 10.9 Å². The molecule has 0 saturated carbocycles. The molecule has 3 unspecified atom stereocenters. The Hall–Kier alpha value is -5.18. The van der Waals surface area contributed by atoms with Gasteiger partial charge in [-0.1, -0.05) is 42.5 Å². The summed E-state index contributed by atoms with van der Waals surface area (Å²) in [5.41, 5.74) is 13.3. The van der Waals surface area contributed by atoms with E-state index in [1.165, 1.54) is 18.0 Å². The maximum absolute atomic E-state index is 14.8. The van der Waals surface area contributed by atoms with Crippen LogP contribution in [0.3, 0.4) is 0 Å². The number of hydrogen-bond donors (Lipinski definition) is 6. The van der Waals surface area contributed by atoms with Gasteiger partial charge in [0.15, 0.2) is 11.8 Å². The highest BCUT2D eigenvalue weighted by atomic mass is 32.2. The molecule has 2 aromatic heterocycles. The lowest BCUT2D eigenvalue weighted by Gasteiger charge is -2.43. The number of rotatable bonds is 14. The molecular weight excluding hydrogens is 713 g/mol. The van der Waals surface area contributed by atoms with Gasteiger partial charge in [0.1, 0.15) is 16.7 Å². The number of allylic oxidation sites excluding steroid dienone is 3. The number of nitrogens with zero attached hydrogens (tertiary/aromatic N) is 5. The minimum absolute atomic E-state index is 0.0891. The van der Waals surface area contributed by atoms with Gasteiger partial charge in [0.25, 0.3) is 0 Å². The largest absolute Gasteiger partial charge is 0.497 e. The molecule has 1 aliphatic carbocycles. The van der Waals surface area contributed by atoms with Gasteiger partial charge < -0.3 is 31.0 Å². The fourth-order valence-corrected chi connectivity index (χ4v) is 9.78. The van der Waals surface area contributed by atoms with Crippen LogP contribution < -0.4 is 30.8 Å². The van der Waals surface area contributed by atoms with Gasteiger partial charge in [-0.2, -0.15) is 4.80 Å². The smallest absolute Gasteiger partial charge is 0.235 e. The molecular formula is C33H38N10O7S2. The van der Waals surface area contributed by atoms with Crippen molar-refractivity contribution in [3.63, 3.8) is 0 Å². The summed E-state index contributed by atoms with van der Waals surface area (Å²) >= 11 is 0. The van der Waals surface area contributed by atoms with Crippen LogP contribution in [0.2, 0.25) is 0 Å². The van der Waals surface area contributed by atoms with Crippen LogP contribution in [0.5, 0.6) is 11.5 Å². The first-order valence-corrected chi connectivity index (χ1v) is 19.0. The summed E-state index contributed by atoms with van der Waals surface area (Å²) in [6.45, 7) is -0.727. The first kappa shape index (κ1) is 36.6. The fourth-order valence-electron chi connectivity index (χ4n) is 6.46. The maximum atomic E-state index is 14.8. The second-order valence-corrected chi connectivity index (χ2v) is 15.6. The zero-order valence-corrected chi connectivity index (χ0v) is 29.8. The van der Waals surface area contributed by atoms with Gasteiger partial charge in [0, 0.05) is 18.2 Å². The number of benzene rings is 3. The molecule has 0 bridgehead atoms. The average Bonchev–Trinajstić information content (AvgIpc) is 3.76. The van der Waals surface area contributed by atoms with Crippen molar-refractivity contribution in [2.75, 3.05) is 26.6 Å². The molecule has 3 aromatic carbocycles. The van der Waals surface area contributed by atoms with Crippen LogP contribution in [-0.4, -0.2) is 84.2 Å². The molecule has 0 aliphatic heterocycles. The number of para-hydroxylation sites is 1. The lowest BCUT2D eigenvalue weighted by atomic mass is 9.67. The van der Waals surface area contributed by atoms with E-state index in [1.54, 1.807) is 73.8 Å². The molecule has 9 N–H and O–H groups in total. The van der Waals surface area contributed by atoms with Crippen LogP contribution in [0.4, 0.5) is 5.95 Å². The fraction of sp³-hybridized carbons (Fsp3) is 0.273. The molecule has 3 atom stereocenters. The summed E-state index contributed by atoms with van der Waals surface area (Å²) in [7, 11) is -6.43. The van der Waals surface area contributed by atoms with Crippen molar-refractivity contribution < 1.29 is 31.4 Å². The number of nitrogens with two attached hydrogens (primary N) is 3. The van der Waals surface area contributed by atoms with E-state index in [2.05, 4.69) is 30.1 Å². The SMILES string of the molecule is COc1ccc(CNS(=O)(=O)C2C(S(N)(=O)=O)=CC=C(c3cccc4[nH]c(N)nc34)C2(CC(N)CO)c2nnn(Cc3ccc(OC)cc3)n2)cc1. The van der Waals surface area contributed by atoms with Gasteiger partial charge in [0.05, 0.1) is 48.7 Å². The molecule has 1 aliphatic rings. The van der Waals surface area contributed by atoms with E-state index in [4.69, 9.17) is 26.1 Å². The molecule has 0 radical (unpaired) electrons. The number of nitrogens with one attached hydrogen (secondary N) is 2. The van der Waals surface area contributed by atoms with Gasteiger partial charge >= 0.3 is 0 Å². The minimum atomic E-state index is -4.76. The van der Waals surface area contributed by atoms with E-state index >= 15 is 0 Å². The molecule has 0 saturated heterocycles. The average molecular weight is 751 g/mol. The highest BCUT2D eigenvalue weighted by Gasteiger charge is 2.59. The third-order valence-corrected chi connectivity index (χ3v) is 11.9. The number of primary sulfonamides is 1. The number of imidazole rings is 1. The zero-order valence-electron chi connectivity index (χ0n) is 28.2. The number of anilines is 1. The Morgan fingerprint density at radius 2 is 1.63 bits per heavy atom. The normalized spacial score (nSPS) is 18.5. The van der Waals surface area contributed by atoms with Crippen molar-refractivity contribution >= 4 is 42.6 Å². The predicted octanol–water partition coefficient (Wildman–Crippen LogP) is 0.902. The van der Waals surface area contributed by atoms with Gasteiger partial charge in [-0.05, 0) is 64.7 Å².